The summed E-state index contributed by atoms with van der Waals surface area (Å²) in [5.41, 5.74) is -0.764. The van der Waals surface area contributed by atoms with Gasteiger partial charge in [0.25, 0.3) is 0 Å². The van der Waals surface area contributed by atoms with E-state index in [1.807, 2.05) is 13.8 Å². The Morgan fingerprint density at radius 2 is 0.825 bits per heavy atom. The number of hydrogen-bond acceptors (Lipinski definition) is 8. The zero-order valence-corrected chi connectivity index (χ0v) is 27.4. The van der Waals surface area contributed by atoms with E-state index in [9.17, 15) is 9.59 Å². The number of esters is 2. The predicted octanol–water partition coefficient (Wildman–Crippen LogP) is 7.14. The maximum atomic E-state index is 12.5. The van der Waals surface area contributed by atoms with Gasteiger partial charge in [0.2, 0.25) is 0 Å². The van der Waals surface area contributed by atoms with Crippen LogP contribution in [-0.4, -0.2) is 69.6 Å². The van der Waals surface area contributed by atoms with E-state index in [2.05, 4.69) is 65.5 Å². The molecule has 0 N–H and O–H groups in total. The third kappa shape index (κ3) is 10.2. The smallest absolute Gasteiger partial charge is 0.306 e. The van der Waals surface area contributed by atoms with Gasteiger partial charge >= 0.3 is 11.9 Å². The maximum Gasteiger partial charge on any atom is 0.306 e. The molecule has 8 heteroatoms. The molecule has 2 heterocycles. The van der Waals surface area contributed by atoms with Gasteiger partial charge in [-0.05, 0) is 82.1 Å². The van der Waals surface area contributed by atoms with Crippen molar-refractivity contribution >= 4 is 11.9 Å². The van der Waals surface area contributed by atoms with Crippen LogP contribution in [-0.2, 0) is 28.7 Å². The van der Waals surface area contributed by atoms with Crippen LogP contribution in [0.4, 0.5) is 0 Å². The van der Waals surface area contributed by atoms with Gasteiger partial charge in [-0.3, -0.25) is 19.3 Å². The van der Waals surface area contributed by atoms with E-state index in [0.29, 0.717) is 26.1 Å². The van der Waals surface area contributed by atoms with Crippen LogP contribution in [0.15, 0.2) is 0 Å². The summed E-state index contributed by atoms with van der Waals surface area (Å²) in [5, 5.41) is 4.16. The number of rotatable bonds is 15. The van der Waals surface area contributed by atoms with E-state index >= 15 is 0 Å². The highest BCUT2D eigenvalue weighted by molar-refractivity contribution is 5.69. The fourth-order valence-electron chi connectivity index (χ4n) is 7.20. The second kappa shape index (κ2) is 14.8. The minimum Gasteiger partial charge on any atom is -0.462 e. The first-order chi connectivity index (χ1) is 18.5. The standard InChI is InChI=1S/C32H60N2O6/c1-11-37-33-29(3,4)21-25(22-30(33,5)6)39-27(35)19-17-15-13-14-16-18-20-28(36)40-26-23-31(7,8)34(38-12-2)32(9,10)24-26/h25-26H,11-24H2,1-10H3. The van der Waals surface area contributed by atoms with Crippen molar-refractivity contribution in [1.82, 2.24) is 10.1 Å². The van der Waals surface area contributed by atoms with Gasteiger partial charge in [-0.2, -0.15) is 10.1 Å². The second-order valence-corrected chi connectivity index (χ2v) is 14.3. The second-order valence-electron chi connectivity index (χ2n) is 14.3. The van der Waals surface area contributed by atoms with Crippen molar-refractivity contribution in [2.75, 3.05) is 13.2 Å². The van der Waals surface area contributed by atoms with Crippen LogP contribution in [0.1, 0.15) is 146 Å². The molecule has 2 fully saturated rings. The first-order valence-electron chi connectivity index (χ1n) is 15.8. The van der Waals surface area contributed by atoms with Crippen molar-refractivity contribution < 1.29 is 28.7 Å². The van der Waals surface area contributed by atoms with E-state index in [1.165, 1.54) is 0 Å². The van der Waals surface area contributed by atoms with Gasteiger partial charge in [0.05, 0.1) is 13.2 Å². The molecule has 2 rings (SSSR count). The van der Waals surface area contributed by atoms with Gasteiger partial charge in [0.1, 0.15) is 12.2 Å². The van der Waals surface area contributed by atoms with E-state index in [0.717, 1.165) is 64.2 Å². The normalized spacial score (nSPS) is 23.1. The van der Waals surface area contributed by atoms with E-state index in [-0.39, 0.29) is 46.3 Å². The van der Waals surface area contributed by atoms with Gasteiger partial charge in [-0.15, -0.1) is 0 Å². The molecule has 234 valence electrons. The lowest BCUT2D eigenvalue weighted by Gasteiger charge is -2.53. The number of carbonyl (C=O) groups excluding carboxylic acids is 2. The van der Waals surface area contributed by atoms with Crippen LogP contribution in [0, 0.1) is 0 Å². The van der Waals surface area contributed by atoms with Crippen LogP contribution in [0.3, 0.4) is 0 Å². The first kappa shape index (κ1) is 35.0. The maximum absolute atomic E-state index is 12.5. The fourth-order valence-corrected chi connectivity index (χ4v) is 7.20. The monoisotopic (exact) mass is 568 g/mol. The van der Waals surface area contributed by atoms with Crippen molar-refractivity contribution in [3.8, 4) is 0 Å². The Labute approximate surface area is 244 Å². The van der Waals surface area contributed by atoms with Crippen LogP contribution < -0.4 is 0 Å². The molecule has 0 atom stereocenters. The molecule has 8 nitrogen and oxygen atoms in total. The van der Waals surface area contributed by atoms with Gasteiger partial charge in [-0.1, -0.05) is 25.7 Å². The van der Waals surface area contributed by atoms with E-state index in [1.54, 1.807) is 0 Å². The number of piperidine rings is 2. The molecule has 0 radical (unpaired) electrons. The molecule has 0 bridgehead atoms. The highest BCUT2D eigenvalue weighted by Gasteiger charge is 2.48. The molecular weight excluding hydrogens is 508 g/mol. The lowest BCUT2D eigenvalue weighted by Crippen LogP contribution is -2.62. The SMILES string of the molecule is CCON1C(C)(C)CC(OC(=O)CCCCCCCCC(=O)OC2CC(C)(C)N(OCC)C(C)(C)C2)CC1(C)C. The van der Waals surface area contributed by atoms with Crippen LogP contribution in [0.2, 0.25) is 0 Å². The summed E-state index contributed by atoms with van der Waals surface area (Å²) >= 11 is 0. The minimum atomic E-state index is -0.191. The molecule has 2 saturated heterocycles. The van der Waals surface area contributed by atoms with Gasteiger partial charge in [0.15, 0.2) is 0 Å². The molecule has 2 aliphatic heterocycles. The lowest BCUT2D eigenvalue weighted by molar-refractivity contribution is -0.291. The van der Waals surface area contributed by atoms with Crippen molar-refractivity contribution in [3.05, 3.63) is 0 Å². The molecule has 0 aromatic heterocycles. The van der Waals surface area contributed by atoms with Crippen molar-refractivity contribution in [3.63, 3.8) is 0 Å². The van der Waals surface area contributed by atoms with Gasteiger partial charge in [-0.25, -0.2) is 0 Å². The Bertz CT molecular complexity index is 707. The Hall–Kier alpha value is -1.22. The largest absolute Gasteiger partial charge is 0.462 e. The van der Waals surface area contributed by atoms with E-state index in [4.69, 9.17) is 19.1 Å². The number of carbonyl (C=O) groups is 2. The number of hydroxylamine groups is 4. The zero-order valence-electron chi connectivity index (χ0n) is 27.4. The number of hydrogen-bond donors (Lipinski definition) is 0. The summed E-state index contributed by atoms with van der Waals surface area (Å²) < 4.78 is 11.8. The summed E-state index contributed by atoms with van der Waals surface area (Å²) in [6.07, 6.45) is 9.67. The quantitative estimate of drug-likeness (QED) is 0.152. The Morgan fingerprint density at radius 3 is 1.10 bits per heavy atom. The van der Waals surface area contributed by atoms with Crippen molar-refractivity contribution in [2.24, 2.45) is 0 Å². The Balaban J connectivity index is 1.58. The summed E-state index contributed by atoms with van der Waals surface area (Å²) in [5.74, 6) is -0.190. The number of ether oxygens (including phenoxy) is 2. The minimum absolute atomic E-state index is 0.0803. The fraction of sp³-hybridized carbons (Fsp3) is 0.938. The molecule has 0 saturated carbocycles. The molecule has 0 spiro atoms. The molecule has 0 aromatic rings. The first-order valence-corrected chi connectivity index (χ1v) is 15.8. The highest BCUT2D eigenvalue weighted by atomic mass is 16.7. The van der Waals surface area contributed by atoms with Crippen LogP contribution in [0.5, 0.6) is 0 Å². The highest BCUT2D eigenvalue weighted by Crippen LogP contribution is 2.41. The summed E-state index contributed by atoms with van der Waals surface area (Å²) in [6, 6.07) is 0. The van der Waals surface area contributed by atoms with Crippen LogP contribution in [0.25, 0.3) is 0 Å². The topological polar surface area (TPSA) is 77.5 Å². The zero-order chi connectivity index (χ0) is 30.2. The third-order valence-corrected chi connectivity index (χ3v) is 8.23. The third-order valence-electron chi connectivity index (χ3n) is 8.23. The summed E-state index contributed by atoms with van der Waals surface area (Å²) in [7, 11) is 0. The number of unbranched alkanes of at least 4 members (excludes halogenated alkanes) is 5. The Morgan fingerprint density at radius 1 is 0.550 bits per heavy atom. The molecule has 0 unspecified atom stereocenters. The van der Waals surface area contributed by atoms with E-state index < -0.39 is 0 Å². The molecule has 40 heavy (non-hydrogen) atoms. The number of nitrogens with zero attached hydrogens (tertiary/aromatic N) is 2. The average molecular weight is 569 g/mol. The molecule has 0 aliphatic carbocycles. The molecule has 2 aliphatic rings. The predicted molar refractivity (Wildman–Crippen MR) is 158 cm³/mol. The molecular formula is C32H60N2O6. The van der Waals surface area contributed by atoms with Gasteiger partial charge in [0, 0.05) is 60.7 Å². The Kier molecular flexibility index (Phi) is 12.9. The van der Waals surface area contributed by atoms with Gasteiger partial charge < -0.3 is 9.47 Å². The molecule has 0 amide bonds. The van der Waals surface area contributed by atoms with Crippen molar-refractivity contribution in [1.29, 1.82) is 0 Å². The van der Waals surface area contributed by atoms with Crippen molar-refractivity contribution in [2.45, 2.75) is 181 Å². The lowest BCUT2D eigenvalue weighted by atomic mass is 9.80. The summed E-state index contributed by atoms with van der Waals surface area (Å²) in [4.78, 5) is 36.9. The molecule has 0 aromatic carbocycles. The van der Waals surface area contributed by atoms with Crippen LogP contribution >= 0.6 is 0 Å². The average Bonchev–Trinajstić information content (AvgIpc) is 2.79. The summed E-state index contributed by atoms with van der Waals surface area (Å²) in [6.45, 7) is 22.5.